The molecule has 1 N–H and O–H groups in total. The van der Waals surface area contributed by atoms with Gasteiger partial charge in [0.15, 0.2) is 0 Å². The second kappa shape index (κ2) is 8.93. The number of benzene rings is 3. The summed E-state index contributed by atoms with van der Waals surface area (Å²) < 4.78 is 5.64. The molecule has 0 aliphatic heterocycles. The molecule has 5 heteroatoms. The number of aromatic carboxylic acids is 1. The van der Waals surface area contributed by atoms with Crippen molar-refractivity contribution in [2.75, 3.05) is 6.61 Å². The van der Waals surface area contributed by atoms with Crippen LogP contribution >= 0.6 is 11.3 Å². The van der Waals surface area contributed by atoms with Gasteiger partial charge in [-0.1, -0.05) is 55.5 Å². The molecule has 0 fully saturated rings. The fraction of sp³-hybridized carbons (Fsp3) is 0.120. The smallest absolute Gasteiger partial charge is 0.335 e. The maximum Gasteiger partial charge on any atom is 0.335 e. The monoisotopic (exact) mass is 415 g/mol. The molecule has 0 unspecified atom stereocenters. The summed E-state index contributed by atoms with van der Waals surface area (Å²) >= 11 is 1.59. The van der Waals surface area contributed by atoms with Gasteiger partial charge in [-0.2, -0.15) is 0 Å². The number of aromatic nitrogens is 1. The van der Waals surface area contributed by atoms with E-state index in [2.05, 4.69) is 48.3 Å². The average molecular weight is 416 g/mol. The Morgan fingerprint density at radius 1 is 0.867 bits per heavy atom. The van der Waals surface area contributed by atoms with Gasteiger partial charge in [0.2, 0.25) is 0 Å². The molecule has 0 radical (unpaired) electrons. The highest BCUT2D eigenvalue weighted by atomic mass is 32.1. The lowest BCUT2D eigenvalue weighted by Gasteiger charge is -2.07. The third-order valence-electron chi connectivity index (χ3n) is 4.71. The molecule has 3 aromatic carbocycles. The molecule has 1 aromatic heterocycles. The van der Waals surface area contributed by atoms with E-state index in [9.17, 15) is 4.79 Å². The van der Waals surface area contributed by atoms with Crippen LogP contribution in [0.25, 0.3) is 32.1 Å². The van der Waals surface area contributed by atoms with Crippen molar-refractivity contribution in [1.29, 1.82) is 0 Å². The number of hydrogen-bond donors (Lipinski definition) is 1. The van der Waals surface area contributed by atoms with E-state index in [1.165, 1.54) is 0 Å². The van der Waals surface area contributed by atoms with Crippen molar-refractivity contribution in [2.24, 2.45) is 0 Å². The van der Waals surface area contributed by atoms with Crippen molar-refractivity contribution >= 4 is 17.3 Å². The normalized spacial score (nSPS) is 10.7. The Morgan fingerprint density at radius 2 is 1.43 bits per heavy atom. The first-order chi connectivity index (χ1) is 14.6. The van der Waals surface area contributed by atoms with Gasteiger partial charge in [0.25, 0.3) is 0 Å². The summed E-state index contributed by atoms with van der Waals surface area (Å²) in [4.78, 5) is 16.6. The first-order valence-corrected chi connectivity index (χ1v) is 10.6. The lowest BCUT2D eigenvalue weighted by molar-refractivity contribution is 0.0697. The Hall–Kier alpha value is -3.44. The van der Waals surface area contributed by atoms with Crippen LogP contribution in [0, 0.1) is 0 Å². The summed E-state index contributed by atoms with van der Waals surface area (Å²) in [7, 11) is 0. The van der Waals surface area contributed by atoms with E-state index in [0.29, 0.717) is 0 Å². The number of rotatable bonds is 7. The van der Waals surface area contributed by atoms with Crippen LogP contribution in [0.5, 0.6) is 5.75 Å². The summed E-state index contributed by atoms with van der Waals surface area (Å²) in [6.45, 7) is 2.82. The minimum absolute atomic E-state index is 0.282. The Balaban J connectivity index is 1.50. The van der Waals surface area contributed by atoms with E-state index < -0.39 is 5.97 Å². The molecule has 4 nitrogen and oxygen atoms in total. The summed E-state index contributed by atoms with van der Waals surface area (Å²) in [5.74, 6) is -0.0290. The number of carboxylic acids is 1. The van der Waals surface area contributed by atoms with E-state index in [1.54, 1.807) is 23.5 Å². The molecule has 0 spiro atoms. The number of hydrogen-bond acceptors (Lipinski definition) is 4. The van der Waals surface area contributed by atoms with Crippen LogP contribution in [0.3, 0.4) is 0 Å². The Morgan fingerprint density at radius 3 is 2.03 bits per heavy atom. The quantitative estimate of drug-likeness (QED) is 0.368. The zero-order valence-electron chi connectivity index (χ0n) is 16.5. The lowest BCUT2D eigenvalue weighted by Crippen LogP contribution is -1.94. The molecule has 0 aliphatic rings. The van der Waals surface area contributed by atoms with E-state index >= 15 is 0 Å². The van der Waals surface area contributed by atoms with E-state index in [4.69, 9.17) is 9.84 Å². The molecule has 30 heavy (non-hydrogen) atoms. The van der Waals surface area contributed by atoms with Crippen LogP contribution in [0.1, 0.15) is 23.7 Å². The van der Waals surface area contributed by atoms with Crippen LogP contribution < -0.4 is 4.74 Å². The number of ether oxygens (including phenoxy) is 1. The van der Waals surface area contributed by atoms with Crippen LogP contribution in [0.4, 0.5) is 0 Å². The van der Waals surface area contributed by atoms with Gasteiger partial charge in [-0.25, -0.2) is 9.78 Å². The van der Waals surface area contributed by atoms with Crippen LogP contribution in [0.2, 0.25) is 0 Å². The molecule has 0 saturated heterocycles. The Kier molecular flexibility index (Phi) is 5.91. The van der Waals surface area contributed by atoms with Crippen molar-refractivity contribution in [3.63, 3.8) is 0 Å². The van der Waals surface area contributed by atoms with Gasteiger partial charge in [0.05, 0.1) is 17.0 Å². The Labute approximate surface area is 179 Å². The second-order valence-corrected chi connectivity index (χ2v) is 7.89. The SMILES string of the molecule is CCCOc1ccc(-c2ccc(-c3ncc(-c4ccc(C(=O)O)cc4)s3)cc2)cc1. The zero-order chi connectivity index (χ0) is 20.9. The lowest BCUT2D eigenvalue weighted by atomic mass is 10.0. The third-order valence-corrected chi connectivity index (χ3v) is 5.81. The maximum atomic E-state index is 11.0. The number of carbonyl (C=O) groups is 1. The summed E-state index contributed by atoms with van der Waals surface area (Å²) in [5, 5.41) is 9.97. The molecule has 4 rings (SSSR count). The minimum atomic E-state index is -0.922. The highest BCUT2D eigenvalue weighted by Crippen LogP contribution is 2.33. The third kappa shape index (κ3) is 4.42. The van der Waals surface area contributed by atoms with Gasteiger partial charge < -0.3 is 9.84 Å². The fourth-order valence-corrected chi connectivity index (χ4v) is 4.01. The second-order valence-electron chi connectivity index (χ2n) is 6.86. The van der Waals surface area contributed by atoms with Gasteiger partial charge in [-0.05, 0) is 47.4 Å². The fourth-order valence-electron chi connectivity index (χ4n) is 3.09. The molecule has 0 aliphatic carbocycles. The molecule has 0 saturated carbocycles. The van der Waals surface area contributed by atoms with Crippen molar-refractivity contribution in [3.05, 3.63) is 84.6 Å². The molecule has 0 bridgehead atoms. The predicted molar refractivity (Wildman–Crippen MR) is 121 cm³/mol. The summed E-state index contributed by atoms with van der Waals surface area (Å²) in [6.07, 6.45) is 2.83. The molecule has 4 aromatic rings. The highest BCUT2D eigenvalue weighted by molar-refractivity contribution is 7.18. The first-order valence-electron chi connectivity index (χ1n) is 9.77. The predicted octanol–water partition coefficient (Wildman–Crippen LogP) is 6.63. The largest absolute Gasteiger partial charge is 0.494 e. The van der Waals surface area contributed by atoms with Gasteiger partial charge >= 0.3 is 5.97 Å². The average Bonchev–Trinajstić information content (AvgIpc) is 3.28. The van der Waals surface area contributed by atoms with Crippen LogP contribution in [0.15, 0.2) is 79.0 Å². The van der Waals surface area contributed by atoms with Gasteiger partial charge in [0.1, 0.15) is 10.8 Å². The topological polar surface area (TPSA) is 59.4 Å². The van der Waals surface area contributed by atoms with E-state index in [0.717, 1.165) is 50.9 Å². The summed E-state index contributed by atoms with van der Waals surface area (Å²) in [6, 6.07) is 23.4. The number of nitrogens with zero attached hydrogens (tertiary/aromatic N) is 1. The minimum Gasteiger partial charge on any atom is -0.494 e. The Bertz CT molecular complexity index is 1130. The van der Waals surface area contributed by atoms with Gasteiger partial charge in [-0.3, -0.25) is 0 Å². The molecule has 0 amide bonds. The molecule has 0 atom stereocenters. The zero-order valence-corrected chi connectivity index (χ0v) is 17.4. The van der Waals surface area contributed by atoms with E-state index in [-0.39, 0.29) is 5.56 Å². The number of carboxylic acid groups (broad SMARTS) is 1. The van der Waals surface area contributed by atoms with Gasteiger partial charge in [0, 0.05) is 11.8 Å². The first kappa shape index (κ1) is 19.9. The standard InChI is InChI=1S/C25H21NO3S/c1-2-15-29-22-13-11-18(12-14-22)17-3-7-20(8-4-17)24-26-16-23(30-24)19-5-9-21(10-6-19)25(27)28/h3-14,16H,2,15H2,1H3,(H,27,28). The molecular weight excluding hydrogens is 394 g/mol. The van der Waals surface area contributed by atoms with Crippen molar-refractivity contribution in [3.8, 4) is 37.9 Å². The maximum absolute atomic E-state index is 11.0. The highest BCUT2D eigenvalue weighted by Gasteiger charge is 2.09. The van der Waals surface area contributed by atoms with E-state index in [1.807, 2.05) is 30.5 Å². The molecular formula is C25H21NO3S. The van der Waals surface area contributed by atoms with Crippen molar-refractivity contribution in [1.82, 2.24) is 4.98 Å². The van der Waals surface area contributed by atoms with Crippen LogP contribution in [-0.2, 0) is 0 Å². The summed E-state index contributed by atoms with van der Waals surface area (Å²) in [5.41, 5.74) is 4.58. The number of thiazole rings is 1. The van der Waals surface area contributed by atoms with Crippen molar-refractivity contribution in [2.45, 2.75) is 13.3 Å². The van der Waals surface area contributed by atoms with Crippen LogP contribution in [-0.4, -0.2) is 22.7 Å². The molecule has 1 heterocycles. The van der Waals surface area contributed by atoms with Gasteiger partial charge in [-0.15, -0.1) is 11.3 Å². The van der Waals surface area contributed by atoms with Crippen molar-refractivity contribution < 1.29 is 14.6 Å². The molecule has 150 valence electrons.